The van der Waals surface area contributed by atoms with Crippen LogP contribution in [-0.2, 0) is 4.79 Å². The van der Waals surface area contributed by atoms with Gasteiger partial charge in [0.05, 0.1) is 13.2 Å². The highest BCUT2D eigenvalue weighted by Gasteiger charge is 2.24. The Labute approximate surface area is 90.6 Å². The van der Waals surface area contributed by atoms with Gasteiger partial charge in [0.2, 0.25) is 5.91 Å². The van der Waals surface area contributed by atoms with Gasteiger partial charge in [-0.15, -0.1) is 0 Å². The predicted molar refractivity (Wildman–Crippen MR) is 58.3 cm³/mol. The zero-order valence-electron chi connectivity index (χ0n) is 9.28. The Morgan fingerprint density at radius 2 is 2.33 bits per heavy atom. The standard InChI is InChI=1S/C10H21N3O2/c1-8-4-9(12-2-3-14)6-13(5-8)7-10(11)15/h8-9,12,14H,2-7H2,1H3,(H2,11,15). The summed E-state index contributed by atoms with van der Waals surface area (Å²) >= 11 is 0. The number of carbonyl (C=O) groups excluding carboxylic acids is 1. The molecule has 0 aromatic heterocycles. The summed E-state index contributed by atoms with van der Waals surface area (Å²) in [5.41, 5.74) is 5.17. The van der Waals surface area contributed by atoms with E-state index >= 15 is 0 Å². The molecule has 2 unspecified atom stereocenters. The minimum Gasteiger partial charge on any atom is -0.395 e. The average Bonchev–Trinajstić information content (AvgIpc) is 2.12. The summed E-state index contributed by atoms with van der Waals surface area (Å²) in [4.78, 5) is 12.9. The van der Waals surface area contributed by atoms with E-state index in [0.29, 0.717) is 25.0 Å². The smallest absolute Gasteiger partial charge is 0.231 e. The van der Waals surface area contributed by atoms with Crippen LogP contribution in [0, 0.1) is 5.92 Å². The molecule has 1 amide bonds. The second-order valence-electron chi connectivity index (χ2n) is 4.38. The Balaban J connectivity index is 2.37. The number of hydrogen-bond acceptors (Lipinski definition) is 4. The summed E-state index contributed by atoms with van der Waals surface area (Å²) in [6, 6.07) is 0.361. The van der Waals surface area contributed by atoms with Crippen molar-refractivity contribution in [2.45, 2.75) is 19.4 Å². The normalized spacial score (nSPS) is 27.9. The van der Waals surface area contributed by atoms with E-state index in [-0.39, 0.29) is 12.5 Å². The van der Waals surface area contributed by atoms with Crippen molar-refractivity contribution in [2.75, 3.05) is 32.8 Å². The van der Waals surface area contributed by atoms with Gasteiger partial charge in [0.1, 0.15) is 0 Å². The Hall–Kier alpha value is -0.650. The summed E-state index contributed by atoms with van der Waals surface area (Å²) < 4.78 is 0. The molecule has 5 heteroatoms. The number of likely N-dealkylation sites (tertiary alicyclic amines) is 1. The van der Waals surface area contributed by atoms with Crippen LogP contribution in [0.1, 0.15) is 13.3 Å². The van der Waals surface area contributed by atoms with Crippen LogP contribution in [0.15, 0.2) is 0 Å². The zero-order chi connectivity index (χ0) is 11.3. The lowest BCUT2D eigenvalue weighted by molar-refractivity contribution is -0.119. The lowest BCUT2D eigenvalue weighted by atomic mass is 9.96. The topological polar surface area (TPSA) is 78.6 Å². The van der Waals surface area contributed by atoms with Crippen LogP contribution in [0.25, 0.3) is 0 Å². The molecule has 15 heavy (non-hydrogen) atoms. The molecule has 2 atom stereocenters. The summed E-state index contributed by atoms with van der Waals surface area (Å²) in [6.45, 7) is 5.04. The van der Waals surface area contributed by atoms with E-state index in [0.717, 1.165) is 19.5 Å². The van der Waals surface area contributed by atoms with E-state index in [1.165, 1.54) is 0 Å². The quantitative estimate of drug-likeness (QED) is 0.536. The molecular weight excluding hydrogens is 194 g/mol. The van der Waals surface area contributed by atoms with Gasteiger partial charge in [0, 0.05) is 25.7 Å². The maximum Gasteiger partial charge on any atom is 0.231 e. The molecule has 0 aliphatic carbocycles. The van der Waals surface area contributed by atoms with E-state index in [1.54, 1.807) is 0 Å². The Morgan fingerprint density at radius 3 is 2.93 bits per heavy atom. The van der Waals surface area contributed by atoms with Gasteiger partial charge in [-0.25, -0.2) is 0 Å². The van der Waals surface area contributed by atoms with E-state index in [9.17, 15) is 4.79 Å². The van der Waals surface area contributed by atoms with Crippen molar-refractivity contribution in [3.05, 3.63) is 0 Å². The van der Waals surface area contributed by atoms with Gasteiger partial charge in [-0.1, -0.05) is 6.92 Å². The summed E-state index contributed by atoms with van der Waals surface area (Å²) in [5, 5.41) is 12.0. The molecule has 1 fully saturated rings. The third-order valence-corrected chi connectivity index (χ3v) is 2.66. The third kappa shape index (κ3) is 4.59. The number of rotatable bonds is 5. The van der Waals surface area contributed by atoms with Crippen LogP contribution in [0.2, 0.25) is 0 Å². The molecule has 1 aliphatic heterocycles. The van der Waals surface area contributed by atoms with E-state index in [2.05, 4.69) is 17.1 Å². The molecule has 0 aromatic carbocycles. The first kappa shape index (κ1) is 12.4. The minimum absolute atomic E-state index is 0.153. The van der Waals surface area contributed by atoms with Crippen molar-refractivity contribution < 1.29 is 9.90 Å². The Morgan fingerprint density at radius 1 is 1.60 bits per heavy atom. The van der Waals surface area contributed by atoms with Crippen molar-refractivity contribution >= 4 is 5.91 Å². The van der Waals surface area contributed by atoms with Gasteiger partial charge >= 0.3 is 0 Å². The second kappa shape index (κ2) is 6.05. The molecule has 1 saturated heterocycles. The number of aliphatic hydroxyl groups excluding tert-OH is 1. The molecule has 0 spiro atoms. The number of carbonyl (C=O) groups is 1. The number of primary amides is 1. The molecule has 88 valence electrons. The van der Waals surface area contributed by atoms with Crippen LogP contribution in [-0.4, -0.2) is 54.7 Å². The van der Waals surface area contributed by atoms with Crippen molar-refractivity contribution in [1.29, 1.82) is 0 Å². The van der Waals surface area contributed by atoms with Crippen molar-refractivity contribution in [3.63, 3.8) is 0 Å². The monoisotopic (exact) mass is 215 g/mol. The zero-order valence-corrected chi connectivity index (χ0v) is 9.28. The number of hydrogen-bond donors (Lipinski definition) is 3. The van der Waals surface area contributed by atoms with Gasteiger partial charge < -0.3 is 16.2 Å². The summed E-state index contributed by atoms with van der Waals surface area (Å²) in [7, 11) is 0. The van der Waals surface area contributed by atoms with E-state index in [1.807, 2.05) is 0 Å². The highest BCUT2D eigenvalue weighted by molar-refractivity contribution is 5.75. The van der Waals surface area contributed by atoms with Crippen molar-refractivity contribution in [3.8, 4) is 0 Å². The number of aliphatic hydroxyl groups is 1. The average molecular weight is 215 g/mol. The van der Waals surface area contributed by atoms with E-state index < -0.39 is 0 Å². The van der Waals surface area contributed by atoms with E-state index in [4.69, 9.17) is 10.8 Å². The van der Waals surface area contributed by atoms with Crippen molar-refractivity contribution in [2.24, 2.45) is 11.7 Å². The van der Waals surface area contributed by atoms with Crippen LogP contribution < -0.4 is 11.1 Å². The predicted octanol–water partition coefficient (Wildman–Crippen LogP) is -1.24. The first-order valence-corrected chi connectivity index (χ1v) is 5.46. The van der Waals surface area contributed by atoms with Gasteiger partial charge in [-0.2, -0.15) is 0 Å². The number of amides is 1. The van der Waals surface area contributed by atoms with Gasteiger partial charge in [0.25, 0.3) is 0 Å². The van der Waals surface area contributed by atoms with Gasteiger partial charge in [-0.05, 0) is 12.3 Å². The highest BCUT2D eigenvalue weighted by Crippen LogP contribution is 2.15. The minimum atomic E-state index is -0.273. The summed E-state index contributed by atoms with van der Waals surface area (Å²) in [5.74, 6) is 0.291. The lowest BCUT2D eigenvalue weighted by Crippen LogP contribution is -2.51. The largest absolute Gasteiger partial charge is 0.395 e. The SMILES string of the molecule is CC1CC(NCCO)CN(CC(N)=O)C1. The fraction of sp³-hybridized carbons (Fsp3) is 0.900. The lowest BCUT2D eigenvalue weighted by Gasteiger charge is -2.36. The molecule has 1 rings (SSSR count). The Bertz CT molecular complexity index is 211. The number of nitrogens with zero attached hydrogens (tertiary/aromatic N) is 1. The summed E-state index contributed by atoms with van der Waals surface area (Å²) in [6.07, 6.45) is 1.09. The second-order valence-corrected chi connectivity index (χ2v) is 4.38. The van der Waals surface area contributed by atoms with Crippen LogP contribution in [0.4, 0.5) is 0 Å². The molecule has 0 radical (unpaired) electrons. The van der Waals surface area contributed by atoms with Gasteiger partial charge in [-0.3, -0.25) is 9.69 Å². The molecule has 1 heterocycles. The maximum absolute atomic E-state index is 10.8. The van der Waals surface area contributed by atoms with Crippen LogP contribution in [0.5, 0.6) is 0 Å². The molecular formula is C10H21N3O2. The molecule has 0 aromatic rings. The molecule has 0 saturated carbocycles. The first-order valence-electron chi connectivity index (χ1n) is 5.46. The number of piperidine rings is 1. The highest BCUT2D eigenvalue weighted by atomic mass is 16.3. The molecule has 0 bridgehead atoms. The van der Waals surface area contributed by atoms with Crippen LogP contribution >= 0.6 is 0 Å². The first-order chi connectivity index (χ1) is 7.11. The molecule has 4 N–H and O–H groups in total. The third-order valence-electron chi connectivity index (χ3n) is 2.66. The van der Waals surface area contributed by atoms with Crippen LogP contribution in [0.3, 0.4) is 0 Å². The van der Waals surface area contributed by atoms with Crippen molar-refractivity contribution in [1.82, 2.24) is 10.2 Å². The fourth-order valence-electron chi connectivity index (χ4n) is 2.23. The number of nitrogens with one attached hydrogen (secondary N) is 1. The van der Waals surface area contributed by atoms with Gasteiger partial charge in [0.15, 0.2) is 0 Å². The number of nitrogens with two attached hydrogens (primary N) is 1. The fourth-order valence-corrected chi connectivity index (χ4v) is 2.23. The Kier molecular flexibility index (Phi) is 5.01. The molecule has 5 nitrogen and oxygen atoms in total. The molecule has 1 aliphatic rings. The maximum atomic E-state index is 10.8.